The van der Waals surface area contributed by atoms with Crippen LogP contribution in [0.25, 0.3) is 0 Å². The quantitative estimate of drug-likeness (QED) is 0.668. The van der Waals surface area contributed by atoms with Crippen molar-refractivity contribution in [1.82, 2.24) is 0 Å². The Morgan fingerprint density at radius 1 is 1.39 bits per heavy atom. The van der Waals surface area contributed by atoms with Crippen molar-refractivity contribution in [3.8, 4) is 5.75 Å². The smallest absolute Gasteiger partial charge is 0.338 e. The van der Waals surface area contributed by atoms with Crippen LogP contribution in [0.1, 0.15) is 24.2 Å². The van der Waals surface area contributed by atoms with Crippen molar-refractivity contribution in [3.63, 3.8) is 0 Å². The summed E-state index contributed by atoms with van der Waals surface area (Å²) in [5.41, 5.74) is 0.876. The molecular formula is C18H22O5. The number of carbonyl (C=O) groups is 1. The van der Waals surface area contributed by atoms with Gasteiger partial charge in [-0.2, -0.15) is 0 Å². The molecule has 1 aromatic carbocycles. The van der Waals surface area contributed by atoms with E-state index in [2.05, 4.69) is 6.58 Å². The molecule has 1 aromatic rings. The lowest BCUT2D eigenvalue weighted by Crippen LogP contribution is -2.43. The van der Waals surface area contributed by atoms with Crippen molar-refractivity contribution >= 4 is 5.97 Å². The third-order valence-electron chi connectivity index (χ3n) is 3.66. The molecule has 0 radical (unpaired) electrons. The zero-order chi connectivity index (χ0) is 16.9. The molecule has 23 heavy (non-hydrogen) atoms. The topological polar surface area (TPSA) is 65.0 Å². The number of aromatic hydroxyl groups is 1. The molecule has 1 heterocycles. The van der Waals surface area contributed by atoms with Crippen LogP contribution in [-0.4, -0.2) is 37.2 Å². The van der Waals surface area contributed by atoms with Gasteiger partial charge < -0.3 is 19.3 Å². The molecule has 1 aliphatic heterocycles. The van der Waals surface area contributed by atoms with Crippen LogP contribution in [0.15, 0.2) is 48.6 Å². The number of ether oxygens (including phenoxy) is 3. The van der Waals surface area contributed by atoms with Gasteiger partial charge in [0.15, 0.2) is 6.29 Å². The highest BCUT2D eigenvalue weighted by Gasteiger charge is 2.35. The van der Waals surface area contributed by atoms with E-state index < -0.39 is 17.7 Å². The molecule has 0 unspecified atom stereocenters. The van der Waals surface area contributed by atoms with Gasteiger partial charge in [0, 0.05) is 11.0 Å². The van der Waals surface area contributed by atoms with Crippen molar-refractivity contribution in [3.05, 3.63) is 54.1 Å². The second-order valence-corrected chi connectivity index (χ2v) is 5.88. The van der Waals surface area contributed by atoms with Crippen molar-refractivity contribution in [2.45, 2.75) is 20.1 Å². The average Bonchev–Trinajstić information content (AvgIpc) is 2.56. The van der Waals surface area contributed by atoms with E-state index in [0.717, 1.165) is 5.57 Å². The van der Waals surface area contributed by atoms with Crippen LogP contribution in [0.5, 0.6) is 5.75 Å². The van der Waals surface area contributed by atoms with Crippen LogP contribution < -0.4 is 0 Å². The third kappa shape index (κ3) is 4.43. The van der Waals surface area contributed by atoms with Gasteiger partial charge >= 0.3 is 5.97 Å². The van der Waals surface area contributed by atoms with Crippen molar-refractivity contribution < 1.29 is 24.1 Å². The van der Waals surface area contributed by atoms with Gasteiger partial charge in [-0.25, -0.2) is 4.79 Å². The summed E-state index contributed by atoms with van der Waals surface area (Å²) in [4.78, 5) is 12.0. The number of hydrogen-bond donors (Lipinski definition) is 1. The number of rotatable bonds is 5. The second-order valence-electron chi connectivity index (χ2n) is 5.88. The number of carbonyl (C=O) groups excluding carboxylic acids is 1. The molecule has 5 nitrogen and oxygen atoms in total. The summed E-state index contributed by atoms with van der Waals surface area (Å²) in [6.07, 6.45) is 3.18. The Kier molecular flexibility index (Phi) is 5.58. The van der Waals surface area contributed by atoms with Crippen LogP contribution in [-0.2, 0) is 14.2 Å². The van der Waals surface area contributed by atoms with Gasteiger partial charge in [-0.15, -0.1) is 0 Å². The van der Waals surface area contributed by atoms with Crippen LogP contribution in [0.3, 0.4) is 0 Å². The Morgan fingerprint density at radius 2 is 2.00 bits per heavy atom. The summed E-state index contributed by atoms with van der Waals surface area (Å²) in [6, 6.07) is 5.94. The zero-order valence-corrected chi connectivity index (χ0v) is 13.5. The first-order chi connectivity index (χ1) is 11.0. The number of esters is 1. The van der Waals surface area contributed by atoms with Crippen molar-refractivity contribution in [2.75, 3.05) is 19.8 Å². The molecule has 0 spiro atoms. The molecular weight excluding hydrogens is 296 g/mol. The fourth-order valence-electron chi connectivity index (χ4n) is 2.19. The van der Waals surface area contributed by atoms with E-state index in [1.807, 2.05) is 19.9 Å². The van der Waals surface area contributed by atoms with Gasteiger partial charge in [-0.1, -0.05) is 25.7 Å². The largest absolute Gasteiger partial charge is 0.508 e. The molecule has 0 bridgehead atoms. The monoisotopic (exact) mass is 318 g/mol. The zero-order valence-electron chi connectivity index (χ0n) is 13.5. The summed E-state index contributed by atoms with van der Waals surface area (Å²) in [5, 5.41) is 9.23. The Bertz CT molecular complexity index is 580. The predicted molar refractivity (Wildman–Crippen MR) is 86.1 cm³/mol. The maximum atomic E-state index is 12.0. The van der Waals surface area contributed by atoms with E-state index in [-0.39, 0.29) is 12.4 Å². The summed E-state index contributed by atoms with van der Waals surface area (Å²) in [5.74, 6) is -0.329. The molecule has 0 saturated carbocycles. The number of phenolic OH excluding ortho intramolecular Hbond substituents is 1. The van der Waals surface area contributed by atoms with Gasteiger partial charge in [-0.05, 0) is 31.2 Å². The lowest BCUT2D eigenvalue weighted by atomic mass is 9.93. The first-order valence-electron chi connectivity index (χ1n) is 7.45. The van der Waals surface area contributed by atoms with E-state index in [0.29, 0.717) is 18.8 Å². The number of hydrogen-bond acceptors (Lipinski definition) is 5. The van der Waals surface area contributed by atoms with E-state index in [1.165, 1.54) is 24.3 Å². The Morgan fingerprint density at radius 3 is 2.52 bits per heavy atom. The fraction of sp³-hybridized carbons (Fsp3) is 0.389. The highest BCUT2D eigenvalue weighted by atomic mass is 16.7. The Hall–Kier alpha value is -2.11. The van der Waals surface area contributed by atoms with E-state index in [4.69, 9.17) is 14.2 Å². The Balaban J connectivity index is 1.87. The van der Waals surface area contributed by atoms with Crippen molar-refractivity contribution in [1.29, 1.82) is 0 Å². The molecule has 1 aliphatic rings. The van der Waals surface area contributed by atoms with Crippen molar-refractivity contribution in [2.24, 2.45) is 5.41 Å². The number of phenols is 1. The molecule has 1 N–H and O–H groups in total. The lowest BCUT2D eigenvalue weighted by molar-refractivity contribution is -0.213. The minimum atomic E-state index is -0.436. The maximum absolute atomic E-state index is 12.0. The highest BCUT2D eigenvalue weighted by molar-refractivity contribution is 5.89. The molecule has 124 valence electrons. The Labute approximate surface area is 136 Å². The average molecular weight is 318 g/mol. The molecule has 0 amide bonds. The van der Waals surface area contributed by atoms with Crippen LogP contribution in [0.2, 0.25) is 0 Å². The van der Waals surface area contributed by atoms with E-state index in [9.17, 15) is 9.90 Å². The van der Waals surface area contributed by atoms with Gasteiger partial charge in [0.2, 0.25) is 0 Å². The molecule has 1 fully saturated rings. The SMILES string of the molecule is C=C/C(=C\C)C1OCC(C)(COC(=O)c2ccc(O)cc2)CO1. The summed E-state index contributed by atoms with van der Waals surface area (Å²) >= 11 is 0. The lowest BCUT2D eigenvalue weighted by Gasteiger charge is -2.37. The first kappa shape index (κ1) is 17.2. The van der Waals surface area contributed by atoms with Gasteiger partial charge in [0.1, 0.15) is 12.4 Å². The summed E-state index contributed by atoms with van der Waals surface area (Å²) in [7, 11) is 0. The fourth-order valence-corrected chi connectivity index (χ4v) is 2.19. The molecule has 1 saturated heterocycles. The van der Waals surface area contributed by atoms with E-state index >= 15 is 0 Å². The molecule has 5 heteroatoms. The number of allylic oxidation sites excluding steroid dienone is 1. The molecule has 0 atom stereocenters. The maximum Gasteiger partial charge on any atom is 0.338 e. The summed E-state index contributed by atoms with van der Waals surface area (Å²) < 4.78 is 16.8. The molecule has 0 aromatic heterocycles. The first-order valence-corrected chi connectivity index (χ1v) is 7.45. The van der Waals surface area contributed by atoms with Crippen LogP contribution in [0.4, 0.5) is 0 Å². The van der Waals surface area contributed by atoms with Gasteiger partial charge in [0.25, 0.3) is 0 Å². The number of benzene rings is 1. The third-order valence-corrected chi connectivity index (χ3v) is 3.66. The molecule has 2 rings (SSSR count). The standard InChI is InChI=1S/C18H22O5/c1-4-13(5-2)17-22-11-18(3,12-23-17)10-21-16(20)14-6-8-15(19)9-7-14/h4-9,17,19H,1,10-12H2,2-3H3/b13-5+. The normalized spacial score (nSPS) is 25.0. The highest BCUT2D eigenvalue weighted by Crippen LogP contribution is 2.27. The predicted octanol–water partition coefficient (Wildman–Crippen LogP) is 3.06. The van der Waals surface area contributed by atoms with Gasteiger partial charge in [0.05, 0.1) is 18.8 Å². The van der Waals surface area contributed by atoms with E-state index in [1.54, 1.807) is 6.08 Å². The summed E-state index contributed by atoms with van der Waals surface area (Å²) in [6.45, 7) is 8.61. The minimum absolute atomic E-state index is 0.107. The second kappa shape index (κ2) is 7.44. The van der Waals surface area contributed by atoms with Crippen LogP contribution in [0, 0.1) is 5.41 Å². The molecule has 0 aliphatic carbocycles. The van der Waals surface area contributed by atoms with Crippen LogP contribution >= 0.6 is 0 Å². The van der Waals surface area contributed by atoms with Gasteiger partial charge in [-0.3, -0.25) is 0 Å². The minimum Gasteiger partial charge on any atom is -0.508 e.